The average Bonchev–Trinajstić information content (AvgIpc) is 2.27. The zero-order valence-corrected chi connectivity index (χ0v) is 9.88. The van der Waals surface area contributed by atoms with E-state index in [0.29, 0.717) is 11.3 Å². The molecule has 1 fully saturated rings. The van der Waals surface area contributed by atoms with Crippen LogP contribution in [0.4, 0.5) is 0 Å². The van der Waals surface area contributed by atoms with E-state index in [9.17, 15) is 4.79 Å². The molecule has 0 N–H and O–H groups in total. The molecule has 0 spiro atoms. The standard InChI is InChI=1S/C13H24O/c1-11(7-9-14)12-6-4-5-8-13(2,3)10-12/h9,11-12H,4-8,10H2,1-3H3. The number of hydrogen-bond donors (Lipinski definition) is 0. The molecule has 0 amide bonds. The lowest BCUT2D eigenvalue weighted by atomic mass is 9.76. The van der Waals surface area contributed by atoms with E-state index in [1.54, 1.807) is 0 Å². The second-order valence-electron chi connectivity index (χ2n) is 5.75. The number of carbonyl (C=O) groups excluding carboxylic acids is 1. The van der Waals surface area contributed by atoms with Gasteiger partial charge in [-0.3, -0.25) is 0 Å². The van der Waals surface area contributed by atoms with E-state index in [4.69, 9.17) is 0 Å². The van der Waals surface area contributed by atoms with Gasteiger partial charge in [-0.05, 0) is 30.1 Å². The van der Waals surface area contributed by atoms with Crippen LogP contribution in [-0.4, -0.2) is 6.29 Å². The van der Waals surface area contributed by atoms with Gasteiger partial charge in [-0.25, -0.2) is 0 Å². The van der Waals surface area contributed by atoms with E-state index in [1.165, 1.54) is 32.1 Å². The lowest BCUT2D eigenvalue weighted by Crippen LogP contribution is -2.19. The van der Waals surface area contributed by atoms with Gasteiger partial charge in [0.25, 0.3) is 0 Å². The molecule has 0 heterocycles. The zero-order chi connectivity index (χ0) is 10.6. The van der Waals surface area contributed by atoms with Crippen molar-refractivity contribution in [3.05, 3.63) is 0 Å². The Morgan fingerprint density at radius 1 is 1.43 bits per heavy atom. The Kier molecular flexibility index (Phi) is 4.15. The van der Waals surface area contributed by atoms with Crippen molar-refractivity contribution < 1.29 is 4.79 Å². The van der Waals surface area contributed by atoms with E-state index in [1.807, 2.05) is 0 Å². The molecule has 1 heteroatoms. The molecule has 82 valence electrons. The summed E-state index contributed by atoms with van der Waals surface area (Å²) < 4.78 is 0. The monoisotopic (exact) mass is 196 g/mol. The van der Waals surface area contributed by atoms with E-state index in [0.717, 1.165) is 18.6 Å². The molecule has 1 saturated carbocycles. The summed E-state index contributed by atoms with van der Waals surface area (Å²) in [5.74, 6) is 1.36. The van der Waals surface area contributed by atoms with Crippen LogP contribution < -0.4 is 0 Å². The van der Waals surface area contributed by atoms with Crippen LogP contribution in [0.25, 0.3) is 0 Å². The smallest absolute Gasteiger partial charge is 0.120 e. The van der Waals surface area contributed by atoms with Gasteiger partial charge in [-0.1, -0.05) is 40.0 Å². The maximum atomic E-state index is 10.5. The van der Waals surface area contributed by atoms with Crippen molar-refractivity contribution >= 4 is 6.29 Å². The summed E-state index contributed by atoms with van der Waals surface area (Å²) >= 11 is 0. The minimum absolute atomic E-state index is 0.498. The maximum Gasteiger partial charge on any atom is 0.120 e. The Morgan fingerprint density at radius 2 is 2.14 bits per heavy atom. The molecule has 0 aliphatic heterocycles. The summed E-state index contributed by atoms with van der Waals surface area (Å²) in [6.07, 6.45) is 8.57. The van der Waals surface area contributed by atoms with Gasteiger partial charge in [0.05, 0.1) is 0 Å². The molecule has 0 aromatic rings. The lowest BCUT2D eigenvalue weighted by molar-refractivity contribution is -0.108. The molecule has 0 bridgehead atoms. The third-order valence-electron chi connectivity index (χ3n) is 3.77. The first-order chi connectivity index (χ1) is 6.55. The minimum Gasteiger partial charge on any atom is -0.303 e. The highest BCUT2D eigenvalue weighted by molar-refractivity contribution is 5.49. The molecule has 2 atom stereocenters. The lowest BCUT2D eigenvalue weighted by Gasteiger charge is -2.29. The van der Waals surface area contributed by atoms with Gasteiger partial charge < -0.3 is 4.79 Å². The Balaban J connectivity index is 2.54. The molecule has 0 aromatic carbocycles. The molecular weight excluding hydrogens is 172 g/mol. The second kappa shape index (κ2) is 4.95. The Labute approximate surface area is 88.3 Å². The van der Waals surface area contributed by atoms with Crippen molar-refractivity contribution in [2.24, 2.45) is 17.3 Å². The van der Waals surface area contributed by atoms with Crippen LogP contribution in [-0.2, 0) is 4.79 Å². The largest absolute Gasteiger partial charge is 0.303 e. The van der Waals surface area contributed by atoms with E-state index in [2.05, 4.69) is 20.8 Å². The van der Waals surface area contributed by atoms with Gasteiger partial charge in [0.1, 0.15) is 6.29 Å². The van der Waals surface area contributed by atoms with Crippen molar-refractivity contribution in [1.82, 2.24) is 0 Å². The van der Waals surface area contributed by atoms with Crippen molar-refractivity contribution in [3.63, 3.8) is 0 Å². The van der Waals surface area contributed by atoms with Gasteiger partial charge in [0.2, 0.25) is 0 Å². The number of rotatable bonds is 3. The normalized spacial score (nSPS) is 29.2. The highest BCUT2D eigenvalue weighted by Crippen LogP contribution is 2.40. The van der Waals surface area contributed by atoms with Crippen LogP contribution in [0.5, 0.6) is 0 Å². The summed E-state index contributed by atoms with van der Waals surface area (Å²) in [4.78, 5) is 10.5. The molecule has 2 unspecified atom stereocenters. The summed E-state index contributed by atoms with van der Waals surface area (Å²) in [7, 11) is 0. The van der Waals surface area contributed by atoms with Crippen LogP contribution >= 0.6 is 0 Å². The van der Waals surface area contributed by atoms with Crippen LogP contribution in [0.1, 0.15) is 59.3 Å². The van der Waals surface area contributed by atoms with Gasteiger partial charge in [0.15, 0.2) is 0 Å². The fraction of sp³-hybridized carbons (Fsp3) is 0.923. The maximum absolute atomic E-state index is 10.5. The predicted octanol–water partition coefficient (Wildman–Crippen LogP) is 3.82. The SMILES string of the molecule is CC(CC=O)C1CCCCC(C)(C)C1. The van der Waals surface area contributed by atoms with E-state index >= 15 is 0 Å². The fourth-order valence-electron chi connectivity index (χ4n) is 2.75. The quantitative estimate of drug-likeness (QED) is 0.495. The summed E-state index contributed by atoms with van der Waals surface area (Å²) in [6.45, 7) is 6.98. The fourth-order valence-corrected chi connectivity index (χ4v) is 2.75. The third kappa shape index (κ3) is 3.43. The Hall–Kier alpha value is -0.330. The molecule has 14 heavy (non-hydrogen) atoms. The first kappa shape index (κ1) is 11.7. The zero-order valence-electron chi connectivity index (χ0n) is 9.88. The molecule has 1 nitrogen and oxygen atoms in total. The first-order valence-corrected chi connectivity index (χ1v) is 5.99. The Morgan fingerprint density at radius 3 is 2.79 bits per heavy atom. The molecule has 0 radical (unpaired) electrons. The number of aldehydes is 1. The highest BCUT2D eigenvalue weighted by Gasteiger charge is 2.28. The van der Waals surface area contributed by atoms with Crippen molar-refractivity contribution in [3.8, 4) is 0 Å². The first-order valence-electron chi connectivity index (χ1n) is 5.99. The van der Waals surface area contributed by atoms with E-state index < -0.39 is 0 Å². The van der Waals surface area contributed by atoms with Gasteiger partial charge in [-0.2, -0.15) is 0 Å². The van der Waals surface area contributed by atoms with Gasteiger partial charge in [-0.15, -0.1) is 0 Å². The summed E-state index contributed by atoms with van der Waals surface area (Å²) in [5, 5.41) is 0. The summed E-state index contributed by atoms with van der Waals surface area (Å²) in [6, 6.07) is 0. The molecule has 0 aromatic heterocycles. The highest BCUT2D eigenvalue weighted by atomic mass is 16.1. The topological polar surface area (TPSA) is 17.1 Å². The van der Waals surface area contributed by atoms with E-state index in [-0.39, 0.29) is 0 Å². The molecule has 0 saturated heterocycles. The third-order valence-corrected chi connectivity index (χ3v) is 3.77. The average molecular weight is 196 g/mol. The van der Waals surface area contributed by atoms with Crippen molar-refractivity contribution in [2.75, 3.05) is 0 Å². The van der Waals surface area contributed by atoms with Crippen LogP contribution in [0.3, 0.4) is 0 Å². The van der Waals surface area contributed by atoms with Crippen LogP contribution in [0.2, 0.25) is 0 Å². The van der Waals surface area contributed by atoms with Crippen molar-refractivity contribution in [1.29, 1.82) is 0 Å². The van der Waals surface area contributed by atoms with Crippen LogP contribution in [0.15, 0.2) is 0 Å². The molecule has 1 rings (SSSR count). The predicted molar refractivity (Wildman–Crippen MR) is 60.2 cm³/mol. The molecule has 1 aliphatic carbocycles. The van der Waals surface area contributed by atoms with Gasteiger partial charge >= 0.3 is 0 Å². The Bertz CT molecular complexity index is 184. The van der Waals surface area contributed by atoms with Crippen molar-refractivity contribution in [2.45, 2.75) is 59.3 Å². The summed E-state index contributed by atoms with van der Waals surface area (Å²) in [5.41, 5.74) is 0.498. The minimum atomic E-state index is 0.498. The number of carbonyl (C=O) groups is 1. The van der Waals surface area contributed by atoms with Gasteiger partial charge in [0, 0.05) is 6.42 Å². The van der Waals surface area contributed by atoms with Crippen LogP contribution in [0, 0.1) is 17.3 Å². The molecule has 1 aliphatic rings. The molecular formula is C13H24O. The number of hydrogen-bond acceptors (Lipinski definition) is 1. The second-order valence-corrected chi connectivity index (χ2v) is 5.75.